The second-order valence-corrected chi connectivity index (χ2v) is 11.5. The van der Waals surface area contributed by atoms with Crippen LogP contribution in [0.15, 0.2) is 53.0 Å². The second kappa shape index (κ2) is 16.1. The molecule has 0 aliphatic heterocycles. The van der Waals surface area contributed by atoms with Gasteiger partial charge in [0.1, 0.15) is 11.8 Å². The number of carbonyl (C=O) groups is 1. The summed E-state index contributed by atoms with van der Waals surface area (Å²) in [4.78, 5) is 15.5. The van der Waals surface area contributed by atoms with Crippen LogP contribution >= 0.6 is 0 Å². The van der Waals surface area contributed by atoms with Gasteiger partial charge in [0.2, 0.25) is 10.0 Å². The van der Waals surface area contributed by atoms with Crippen LogP contribution in [0.4, 0.5) is 5.69 Å². The van der Waals surface area contributed by atoms with Gasteiger partial charge >= 0.3 is 0 Å². The van der Waals surface area contributed by atoms with Crippen LogP contribution in [0.2, 0.25) is 0 Å². The van der Waals surface area contributed by atoms with Gasteiger partial charge in [-0.1, -0.05) is 52.3 Å². The van der Waals surface area contributed by atoms with Crippen molar-refractivity contribution in [1.82, 2.24) is 9.62 Å². The fourth-order valence-electron chi connectivity index (χ4n) is 4.18. The molecule has 3 rings (SSSR count). The maximum atomic E-state index is 13.5. The highest BCUT2D eigenvalue weighted by molar-refractivity contribution is 7.90. The molecule has 10 heteroatoms. The standard InChI is InChI=1S/C29H40N4O5S.C2H6/c1-6-9-15-39(35,36)32-29(34)27(31-23-13-11-20(12-14-23)25(30)10-7-2)21-16-22-17-24(19-33(4)5)38-28(22)26(18-21)37-8-3;1-2/h10-14,16-18,27,31H,6-9,15,19,30H2,1-5H3,(H,32,34);1-2H3/b25-10-;/t27-;/m1./s1. The molecule has 9 nitrogen and oxygen atoms in total. The van der Waals surface area contributed by atoms with Gasteiger partial charge in [0.25, 0.3) is 5.91 Å². The molecule has 226 valence electrons. The van der Waals surface area contributed by atoms with E-state index in [4.69, 9.17) is 14.9 Å². The van der Waals surface area contributed by atoms with E-state index in [9.17, 15) is 13.2 Å². The van der Waals surface area contributed by atoms with Gasteiger partial charge in [0, 0.05) is 16.8 Å². The Kier molecular flexibility index (Phi) is 13.2. The average Bonchev–Trinajstić information content (AvgIpc) is 3.34. The Morgan fingerprint density at radius 3 is 2.37 bits per heavy atom. The van der Waals surface area contributed by atoms with E-state index in [0.29, 0.717) is 54.3 Å². The number of benzene rings is 2. The van der Waals surface area contributed by atoms with Crippen LogP contribution in [0.3, 0.4) is 0 Å². The van der Waals surface area contributed by atoms with Gasteiger partial charge < -0.3 is 25.1 Å². The van der Waals surface area contributed by atoms with Crippen molar-refractivity contribution in [3.63, 3.8) is 0 Å². The third kappa shape index (κ3) is 9.82. The normalized spacial score (nSPS) is 12.5. The van der Waals surface area contributed by atoms with Crippen molar-refractivity contribution < 1.29 is 22.4 Å². The average molecular weight is 587 g/mol. The van der Waals surface area contributed by atoms with Gasteiger partial charge in [0.05, 0.1) is 18.9 Å². The van der Waals surface area contributed by atoms with E-state index in [1.165, 1.54) is 0 Å². The first-order valence-corrected chi connectivity index (χ1v) is 15.9. The number of rotatable bonds is 14. The first-order chi connectivity index (χ1) is 19.6. The second-order valence-electron chi connectivity index (χ2n) is 9.68. The van der Waals surface area contributed by atoms with E-state index in [0.717, 1.165) is 23.1 Å². The molecule has 1 atom stereocenters. The number of ether oxygens (including phenoxy) is 1. The maximum absolute atomic E-state index is 13.5. The third-order valence-electron chi connectivity index (χ3n) is 6.00. The minimum atomic E-state index is -3.80. The SMILES string of the molecule is CC.CC/C=C(\N)c1ccc(N[C@@H](C(=O)NS(=O)(=O)CCCC)c2cc(OCC)c3oc(CN(C)C)cc3c2)cc1. The lowest BCUT2D eigenvalue weighted by Crippen LogP contribution is -2.38. The van der Waals surface area contributed by atoms with Crippen LogP contribution in [0.5, 0.6) is 5.75 Å². The molecule has 3 aromatic rings. The predicted molar refractivity (Wildman–Crippen MR) is 168 cm³/mol. The number of anilines is 1. The van der Waals surface area contributed by atoms with Crippen LogP contribution in [0.1, 0.15) is 76.8 Å². The summed E-state index contributed by atoms with van der Waals surface area (Å²) >= 11 is 0. The van der Waals surface area contributed by atoms with Crippen molar-refractivity contribution in [3.05, 3.63) is 65.4 Å². The molecule has 1 amide bonds. The molecule has 0 aliphatic carbocycles. The lowest BCUT2D eigenvalue weighted by atomic mass is 10.0. The molecule has 0 aliphatic rings. The van der Waals surface area contributed by atoms with E-state index >= 15 is 0 Å². The molecule has 1 aromatic heterocycles. The molecule has 0 radical (unpaired) electrons. The number of allylic oxidation sites excluding steroid dienone is 1. The lowest BCUT2D eigenvalue weighted by molar-refractivity contribution is -0.120. The molecule has 2 aromatic carbocycles. The van der Waals surface area contributed by atoms with Crippen molar-refractivity contribution in [2.75, 3.05) is 31.8 Å². The van der Waals surface area contributed by atoms with E-state index in [1.54, 1.807) is 6.07 Å². The zero-order valence-corrected chi connectivity index (χ0v) is 26.2. The third-order valence-corrected chi connectivity index (χ3v) is 7.34. The molecule has 0 spiro atoms. The molecular weight excluding hydrogens is 540 g/mol. The van der Waals surface area contributed by atoms with Gasteiger partial charge in [0.15, 0.2) is 11.3 Å². The highest BCUT2D eigenvalue weighted by Gasteiger charge is 2.27. The molecule has 1 heterocycles. The molecule has 0 fully saturated rings. The van der Waals surface area contributed by atoms with Crippen molar-refractivity contribution in [2.45, 2.75) is 66.5 Å². The summed E-state index contributed by atoms with van der Waals surface area (Å²) in [6.07, 6.45) is 3.90. The zero-order valence-electron chi connectivity index (χ0n) is 25.4. The number of hydrogen-bond acceptors (Lipinski definition) is 8. The first kappa shape index (κ1) is 33.7. The number of sulfonamides is 1. The Bertz CT molecular complexity index is 1400. The van der Waals surface area contributed by atoms with Crippen LogP contribution in [-0.2, 0) is 21.4 Å². The lowest BCUT2D eigenvalue weighted by Gasteiger charge is -2.21. The topological polar surface area (TPSA) is 127 Å². The molecule has 0 saturated carbocycles. The number of hydrogen-bond donors (Lipinski definition) is 3. The summed E-state index contributed by atoms with van der Waals surface area (Å²) in [5, 5.41) is 3.97. The van der Waals surface area contributed by atoms with E-state index < -0.39 is 22.0 Å². The number of nitrogens with one attached hydrogen (secondary N) is 2. The van der Waals surface area contributed by atoms with Crippen LogP contribution in [0, 0.1) is 0 Å². The van der Waals surface area contributed by atoms with Gasteiger partial charge in [-0.05, 0) is 75.3 Å². The number of unbranched alkanes of at least 4 members (excludes halogenated alkanes) is 1. The number of fused-ring (bicyclic) bond motifs is 1. The zero-order chi connectivity index (χ0) is 30.6. The maximum Gasteiger partial charge on any atom is 0.260 e. The summed E-state index contributed by atoms with van der Waals surface area (Å²) in [5.74, 6) is 0.423. The molecular formula is C31H46N4O5S. The van der Waals surface area contributed by atoms with Crippen LogP contribution in [0.25, 0.3) is 16.7 Å². The summed E-state index contributed by atoms with van der Waals surface area (Å²) in [6.45, 7) is 10.8. The minimum absolute atomic E-state index is 0.126. The van der Waals surface area contributed by atoms with Gasteiger partial charge in [-0.2, -0.15) is 0 Å². The van der Waals surface area contributed by atoms with Gasteiger partial charge in [-0.25, -0.2) is 8.42 Å². The fraction of sp³-hybridized carbons (Fsp3) is 0.452. The number of furan rings is 1. The van der Waals surface area contributed by atoms with Crippen molar-refractivity contribution in [2.24, 2.45) is 5.73 Å². The molecule has 41 heavy (non-hydrogen) atoms. The minimum Gasteiger partial charge on any atom is -0.490 e. The summed E-state index contributed by atoms with van der Waals surface area (Å²) < 4.78 is 39.5. The number of carbonyl (C=O) groups excluding carboxylic acids is 1. The highest BCUT2D eigenvalue weighted by atomic mass is 32.2. The molecule has 0 saturated heterocycles. The summed E-state index contributed by atoms with van der Waals surface area (Å²) in [5.41, 5.74) is 9.40. The largest absolute Gasteiger partial charge is 0.490 e. The number of amides is 1. The fourth-order valence-corrected chi connectivity index (χ4v) is 5.37. The van der Waals surface area contributed by atoms with Crippen molar-refractivity contribution >= 4 is 38.3 Å². The molecule has 0 unspecified atom stereocenters. The Hall–Kier alpha value is -3.50. The Morgan fingerprint density at radius 2 is 1.78 bits per heavy atom. The van der Waals surface area contributed by atoms with Gasteiger partial charge in [-0.3, -0.25) is 9.52 Å². The highest BCUT2D eigenvalue weighted by Crippen LogP contribution is 2.34. The van der Waals surface area contributed by atoms with E-state index in [1.807, 2.05) is 96.1 Å². The monoisotopic (exact) mass is 586 g/mol. The number of nitrogens with two attached hydrogens (primary N) is 1. The van der Waals surface area contributed by atoms with Crippen molar-refractivity contribution in [3.8, 4) is 5.75 Å². The van der Waals surface area contributed by atoms with Crippen LogP contribution in [-0.4, -0.2) is 45.7 Å². The Labute approximate surface area is 245 Å². The van der Waals surface area contributed by atoms with E-state index in [-0.39, 0.29) is 5.75 Å². The van der Waals surface area contributed by atoms with Crippen molar-refractivity contribution in [1.29, 1.82) is 0 Å². The number of nitrogens with zero attached hydrogens (tertiary/aromatic N) is 1. The Balaban J connectivity index is 0.00000287. The molecule has 4 N–H and O–H groups in total. The predicted octanol–water partition coefficient (Wildman–Crippen LogP) is 6.03. The smallest absolute Gasteiger partial charge is 0.260 e. The summed E-state index contributed by atoms with van der Waals surface area (Å²) in [6, 6.07) is 11.8. The quantitative estimate of drug-likeness (QED) is 0.209. The first-order valence-electron chi connectivity index (χ1n) is 14.3. The molecule has 0 bridgehead atoms. The van der Waals surface area contributed by atoms with E-state index in [2.05, 4.69) is 10.0 Å². The Morgan fingerprint density at radius 1 is 1.10 bits per heavy atom. The van der Waals surface area contributed by atoms with Crippen LogP contribution < -0.4 is 20.5 Å². The summed E-state index contributed by atoms with van der Waals surface area (Å²) in [7, 11) is 0.0898. The van der Waals surface area contributed by atoms with Gasteiger partial charge in [-0.15, -0.1) is 0 Å².